The van der Waals surface area contributed by atoms with E-state index in [-0.39, 0.29) is 0 Å². The fraction of sp³-hybridized carbons (Fsp3) is 0.625. The first-order valence-corrected chi connectivity index (χ1v) is 7.14. The van der Waals surface area contributed by atoms with E-state index in [1.165, 1.54) is 5.56 Å². The summed E-state index contributed by atoms with van der Waals surface area (Å²) in [6.07, 6.45) is 2.30. The second-order valence-corrected chi connectivity index (χ2v) is 4.96. The minimum atomic E-state index is 0.559. The molecule has 0 unspecified atom stereocenters. The summed E-state index contributed by atoms with van der Waals surface area (Å²) in [5.41, 5.74) is 1.32. The number of hydrogen-bond acceptors (Lipinski definition) is 2. The maximum absolute atomic E-state index is 5.89. The molecule has 0 aliphatic rings. The monoisotopic (exact) mass is 249 g/mol. The molecule has 2 atom stereocenters. The van der Waals surface area contributed by atoms with Crippen molar-refractivity contribution in [1.82, 2.24) is 5.32 Å². The molecule has 2 nitrogen and oxygen atoms in total. The average molecular weight is 249 g/mol. The second-order valence-electron chi connectivity index (χ2n) is 4.96. The van der Waals surface area contributed by atoms with Gasteiger partial charge >= 0.3 is 0 Å². The number of hydrogen-bond donors (Lipinski definition) is 1. The van der Waals surface area contributed by atoms with Crippen LogP contribution in [0.4, 0.5) is 0 Å². The Morgan fingerprint density at radius 2 is 1.83 bits per heavy atom. The first-order valence-electron chi connectivity index (χ1n) is 7.14. The van der Waals surface area contributed by atoms with Crippen LogP contribution >= 0.6 is 0 Å². The lowest BCUT2D eigenvalue weighted by Gasteiger charge is -2.16. The zero-order valence-electron chi connectivity index (χ0n) is 12.2. The molecule has 0 aliphatic carbocycles. The molecule has 1 aromatic rings. The highest BCUT2D eigenvalue weighted by Gasteiger charge is 2.09. The van der Waals surface area contributed by atoms with Crippen LogP contribution in [0.15, 0.2) is 24.3 Å². The van der Waals surface area contributed by atoms with E-state index in [0.717, 1.165) is 31.7 Å². The summed E-state index contributed by atoms with van der Waals surface area (Å²) in [7, 11) is 0. The van der Waals surface area contributed by atoms with Gasteiger partial charge in [0.1, 0.15) is 12.4 Å². The summed E-state index contributed by atoms with van der Waals surface area (Å²) < 4.78 is 5.89. The maximum atomic E-state index is 5.89. The van der Waals surface area contributed by atoms with Crippen LogP contribution in [0.25, 0.3) is 0 Å². The lowest BCUT2D eigenvalue weighted by Crippen LogP contribution is -2.29. The van der Waals surface area contributed by atoms with Gasteiger partial charge in [-0.25, -0.2) is 0 Å². The largest absolute Gasteiger partial charge is 0.492 e. The third-order valence-corrected chi connectivity index (χ3v) is 3.53. The van der Waals surface area contributed by atoms with Gasteiger partial charge in [0.05, 0.1) is 0 Å². The summed E-state index contributed by atoms with van der Waals surface area (Å²) >= 11 is 0. The molecule has 102 valence electrons. The number of ether oxygens (including phenoxy) is 1. The van der Waals surface area contributed by atoms with Gasteiger partial charge in [0.15, 0.2) is 0 Å². The van der Waals surface area contributed by atoms with Crippen molar-refractivity contribution in [3.05, 3.63) is 29.8 Å². The predicted molar refractivity (Wildman–Crippen MR) is 78.4 cm³/mol. The molecule has 0 bridgehead atoms. The van der Waals surface area contributed by atoms with Gasteiger partial charge in [-0.1, -0.05) is 39.0 Å². The summed E-state index contributed by atoms with van der Waals surface area (Å²) in [6, 6.07) is 8.95. The van der Waals surface area contributed by atoms with E-state index in [1.807, 2.05) is 6.07 Å². The molecule has 2 heteroatoms. The Morgan fingerprint density at radius 3 is 2.50 bits per heavy atom. The van der Waals surface area contributed by atoms with Crippen molar-refractivity contribution in [2.24, 2.45) is 0 Å². The molecule has 18 heavy (non-hydrogen) atoms. The van der Waals surface area contributed by atoms with Gasteiger partial charge in [-0.3, -0.25) is 0 Å². The standard InChI is InChI=1S/C16H27NO/c1-5-13(3)15-9-7-8-10-16(15)18-12-11-17-14(4)6-2/h7-10,13-14,17H,5-6,11-12H2,1-4H3/t13-,14+/m0/s1. The third kappa shape index (κ3) is 4.69. The van der Waals surface area contributed by atoms with Crippen molar-refractivity contribution in [1.29, 1.82) is 0 Å². The normalized spacial score (nSPS) is 14.2. The van der Waals surface area contributed by atoms with Gasteiger partial charge in [-0.05, 0) is 37.3 Å². The van der Waals surface area contributed by atoms with E-state index in [9.17, 15) is 0 Å². The highest BCUT2D eigenvalue weighted by Crippen LogP contribution is 2.28. The molecular weight excluding hydrogens is 222 g/mol. The number of para-hydroxylation sites is 1. The molecule has 0 spiro atoms. The summed E-state index contributed by atoms with van der Waals surface area (Å²) in [5, 5.41) is 3.44. The minimum absolute atomic E-state index is 0.559. The Labute approximate surface area is 112 Å². The molecule has 0 saturated carbocycles. The van der Waals surface area contributed by atoms with E-state index in [2.05, 4.69) is 51.2 Å². The Bertz CT molecular complexity index is 338. The zero-order chi connectivity index (χ0) is 13.4. The number of rotatable bonds is 8. The SMILES string of the molecule is CC[C@@H](C)NCCOc1ccccc1[C@@H](C)CC. The highest BCUT2D eigenvalue weighted by atomic mass is 16.5. The smallest absolute Gasteiger partial charge is 0.122 e. The molecule has 0 heterocycles. The van der Waals surface area contributed by atoms with Crippen LogP contribution < -0.4 is 10.1 Å². The Kier molecular flexibility index (Phi) is 6.81. The molecule has 0 radical (unpaired) electrons. The molecule has 1 N–H and O–H groups in total. The van der Waals surface area contributed by atoms with Crippen LogP contribution in [0.3, 0.4) is 0 Å². The number of nitrogens with one attached hydrogen (secondary N) is 1. The topological polar surface area (TPSA) is 21.3 Å². The van der Waals surface area contributed by atoms with Gasteiger partial charge in [-0.15, -0.1) is 0 Å². The first-order chi connectivity index (χ1) is 8.69. The van der Waals surface area contributed by atoms with Gasteiger partial charge in [0.2, 0.25) is 0 Å². The fourth-order valence-electron chi connectivity index (χ4n) is 1.85. The third-order valence-electron chi connectivity index (χ3n) is 3.53. The lowest BCUT2D eigenvalue weighted by molar-refractivity contribution is 0.301. The van der Waals surface area contributed by atoms with Crippen LogP contribution in [0, 0.1) is 0 Å². The zero-order valence-corrected chi connectivity index (χ0v) is 12.2. The molecule has 0 amide bonds. The molecule has 0 saturated heterocycles. The fourth-order valence-corrected chi connectivity index (χ4v) is 1.85. The molecule has 0 aliphatic heterocycles. The van der Waals surface area contributed by atoms with Crippen molar-refractivity contribution in [2.75, 3.05) is 13.2 Å². The Morgan fingerprint density at radius 1 is 1.11 bits per heavy atom. The van der Waals surface area contributed by atoms with Crippen molar-refractivity contribution in [3.63, 3.8) is 0 Å². The molecule has 1 aromatic carbocycles. The van der Waals surface area contributed by atoms with Crippen molar-refractivity contribution < 1.29 is 4.74 Å². The van der Waals surface area contributed by atoms with Crippen LogP contribution in [0.5, 0.6) is 5.75 Å². The van der Waals surface area contributed by atoms with E-state index in [0.29, 0.717) is 12.0 Å². The summed E-state index contributed by atoms with van der Waals surface area (Å²) in [5.74, 6) is 1.60. The van der Waals surface area contributed by atoms with Crippen LogP contribution in [0.1, 0.15) is 52.0 Å². The second kappa shape index (κ2) is 8.15. The van der Waals surface area contributed by atoms with Gasteiger partial charge < -0.3 is 10.1 Å². The van der Waals surface area contributed by atoms with Crippen LogP contribution in [-0.2, 0) is 0 Å². The Hall–Kier alpha value is -1.02. The van der Waals surface area contributed by atoms with E-state index >= 15 is 0 Å². The van der Waals surface area contributed by atoms with Gasteiger partial charge in [-0.2, -0.15) is 0 Å². The molecule has 1 rings (SSSR count). The van der Waals surface area contributed by atoms with Crippen molar-refractivity contribution >= 4 is 0 Å². The van der Waals surface area contributed by atoms with Crippen LogP contribution in [-0.4, -0.2) is 19.2 Å². The van der Waals surface area contributed by atoms with Gasteiger partial charge in [0, 0.05) is 12.6 Å². The van der Waals surface area contributed by atoms with Crippen molar-refractivity contribution in [2.45, 2.75) is 52.5 Å². The molecular formula is C16H27NO. The lowest BCUT2D eigenvalue weighted by atomic mass is 9.98. The number of benzene rings is 1. The van der Waals surface area contributed by atoms with Crippen LogP contribution in [0.2, 0.25) is 0 Å². The average Bonchev–Trinajstić information content (AvgIpc) is 2.42. The minimum Gasteiger partial charge on any atom is -0.492 e. The summed E-state index contributed by atoms with van der Waals surface area (Å²) in [4.78, 5) is 0. The van der Waals surface area contributed by atoms with Crippen molar-refractivity contribution in [3.8, 4) is 5.75 Å². The first kappa shape index (κ1) is 15.0. The highest BCUT2D eigenvalue weighted by molar-refractivity contribution is 5.35. The summed E-state index contributed by atoms with van der Waals surface area (Å²) in [6.45, 7) is 10.5. The van der Waals surface area contributed by atoms with E-state index in [1.54, 1.807) is 0 Å². The molecule has 0 fully saturated rings. The quantitative estimate of drug-likeness (QED) is 0.704. The maximum Gasteiger partial charge on any atom is 0.122 e. The molecule has 0 aromatic heterocycles. The Balaban J connectivity index is 2.46. The van der Waals surface area contributed by atoms with E-state index in [4.69, 9.17) is 4.74 Å². The predicted octanol–water partition coefficient (Wildman–Crippen LogP) is 3.97. The van der Waals surface area contributed by atoms with E-state index < -0.39 is 0 Å². The van der Waals surface area contributed by atoms with Gasteiger partial charge in [0.25, 0.3) is 0 Å².